The second-order valence-corrected chi connectivity index (χ2v) is 4.39. The Morgan fingerprint density at radius 1 is 1.16 bits per heavy atom. The summed E-state index contributed by atoms with van der Waals surface area (Å²) in [6, 6.07) is 5.69. The second kappa shape index (κ2) is 6.23. The van der Waals surface area contributed by atoms with Crippen molar-refractivity contribution < 1.29 is 28.1 Å². The normalized spacial score (nSPS) is 12.5. The first-order chi connectivity index (χ1) is 8.79. The predicted octanol–water partition coefficient (Wildman–Crippen LogP) is 1.42. The molecular formula is C12H16F3NO3. The van der Waals surface area contributed by atoms with Gasteiger partial charge < -0.3 is 20.3 Å². The minimum absolute atomic E-state index is 0.0316. The van der Waals surface area contributed by atoms with Crippen molar-refractivity contribution in [2.75, 3.05) is 13.2 Å². The number of nitrogens with one attached hydrogen (secondary N) is 1. The van der Waals surface area contributed by atoms with Crippen LogP contribution in [0.4, 0.5) is 13.2 Å². The van der Waals surface area contributed by atoms with Gasteiger partial charge in [0.15, 0.2) is 0 Å². The lowest BCUT2D eigenvalue weighted by Gasteiger charge is -2.26. The average Bonchev–Trinajstić information content (AvgIpc) is 2.35. The van der Waals surface area contributed by atoms with E-state index in [4.69, 9.17) is 10.2 Å². The number of hydrogen-bond acceptors (Lipinski definition) is 4. The molecule has 0 heterocycles. The second-order valence-electron chi connectivity index (χ2n) is 4.39. The van der Waals surface area contributed by atoms with Gasteiger partial charge in [0.2, 0.25) is 0 Å². The van der Waals surface area contributed by atoms with Gasteiger partial charge in [-0.15, -0.1) is 13.2 Å². The summed E-state index contributed by atoms with van der Waals surface area (Å²) in [6.45, 7) is 0.904. The summed E-state index contributed by atoms with van der Waals surface area (Å²) in [4.78, 5) is 0. The van der Waals surface area contributed by atoms with Crippen LogP contribution in [0.3, 0.4) is 0 Å². The number of rotatable bonds is 6. The summed E-state index contributed by atoms with van der Waals surface area (Å²) in [5.41, 5.74) is -0.682. The highest BCUT2D eigenvalue weighted by Crippen LogP contribution is 2.26. The largest absolute Gasteiger partial charge is 0.573 e. The quantitative estimate of drug-likeness (QED) is 0.737. The Hall–Kier alpha value is -1.31. The lowest BCUT2D eigenvalue weighted by atomic mass is 10.0. The fourth-order valence-corrected chi connectivity index (χ4v) is 1.34. The molecule has 1 aromatic carbocycles. The van der Waals surface area contributed by atoms with Crippen molar-refractivity contribution in [2.45, 2.75) is 25.4 Å². The summed E-state index contributed by atoms with van der Waals surface area (Å²) >= 11 is 0. The van der Waals surface area contributed by atoms with Crippen LogP contribution >= 0.6 is 0 Å². The first-order valence-corrected chi connectivity index (χ1v) is 5.60. The molecule has 108 valence electrons. The van der Waals surface area contributed by atoms with Gasteiger partial charge in [-0.3, -0.25) is 0 Å². The Bertz CT molecular complexity index is 405. The molecule has 0 atom stereocenters. The van der Waals surface area contributed by atoms with Crippen molar-refractivity contribution in [1.82, 2.24) is 5.32 Å². The molecule has 7 heteroatoms. The standard InChI is InChI=1S/C12H16F3NO3/c1-11(7-17,8-18)16-6-9-4-2-3-5-10(9)19-12(13,14)15/h2-5,16-18H,6-8H2,1H3. The molecule has 0 saturated heterocycles. The maximum Gasteiger partial charge on any atom is 0.573 e. The molecule has 19 heavy (non-hydrogen) atoms. The molecule has 0 spiro atoms. The molecule has 0 aliphatic carbocycles. The van der Waals surface area contributed by atoms with Crippen LogP contribution in [-0.4, -0.2) is 35.3 Å². The average molecular weight is 279 g/mol. The van der Waals surface area contributed by atoms with E-state index in [-0.39, 0.29) is 31.1 Å². The molecule has 0 aliphatic rings. The zero-order valence-corrected chi connectivity index (χ0v) is 10.4. The third-order valence-electron chi connectivity index (χ3n) is 2.60. The minimum Gasteiger partial charge on any atom is -0.405 e. The molecular weight excluding hydrogens is 263 g/mol. The van der Waals surface area contributed by atoms with Crippen molar-refractivity contribution in [2.24, 2.45) is 0 Å². The number of aliphatic hydroxyl groups is 2. The van der Waals surface area contributed by atoms with E-state index in [1.807, 2.05) is 0 Å². The van der Waals surface area contributed by atoms with Gasteiger partial charge in [0.25, 0.3) is 0 Å². The molecule has 1 aromatic rings. The fourth-order valence-electron chi connectivity index (χ4n) is 1.34. The van der Waals surface area contributed by atoms with E-state index in [0.29, 0.717) is 0 Å². The van der Waals surface area contributed by atoms with Crippen molar-refractivity contribution >= 4 is 0 Å². The minimum atomic E-state index is -4.76. The first-order valence-electron chi connectivity index (χ1n) is 5.60. The van der Waals surface area contributed by atoms with Gasteiger partial charge in [-0.05, 0) is 13.0 Å². The summed E-state index contributed by atoms with van der Waals surface area (Å²) in [5.74, 6) is -0.305. The molecule has 3 N–H and O–H groups in total. The fraction of sp³-hybridized carbons (Fsp3) is 0.500. The predicted molar refractivity (Wildman–Crippen MR) is 62.5 cm³/mol. The van der Waals surface area contributed by atoms with Gasteiger partial charge in [-0.25, -0.2) is 0 Å². The summed E-state index contributed by atoms with van der Waals surface area (Å²) in [6.07, 6.45) is -4.76. The molecule has 0 unspecified atom stereocenters. The zero-order chi connectivity index (χ0) is 14.5. The van der Waals surface area contributed by atoms with Crippen LogP contribution in [0.5, 0.6) is 5.75 Å². The number of benzene rings is 1. The Morgan fingerprint density at radius 2 is 1.74 bits per heavy atom. The number of aliphatic hydroxyl groups excluding tert-OH is 2. The van der Waals surface area contributed by atoms with Crippen LogP contribution in [-0.2, 0) is 6.54 Å². The van der Waals surface area contributed by atoms with E-state index >= 15 is 0 Å². The zero-order valence-electron chi connectivity index (χ0n) is 10.4. The number of hydrogen-bond donors (Lipinski definition) is 3. The monoisotopic (exact) mass is 279 g/mol. The summed E-state index contributed by atoms with van der Waals surface area (Å²) in [5, 5.41) is 21.0. The van der Waals surface area contributed by atoms with E-state index < -0.39 is 11.9 Å². The first kappa shape index (κ1) is 15.7. The Kier molecular flexibility index (Phi) is 5.16. The molecule has 1 rings (SSSR count). The molecule has 0 bridgehead atoms. The maximum atomic E-state index is 12.2. The lowest BCUT2D eigenvalue weighted by molar-refractivity contribution is -0.274. The molecule has 0 aromatic heterocycles. The smallest absolute Gasteiger partial charge is 0.405 e. The Labute approximate surface area is 108 Å². The highest BCUT2D eigenvalue weighted by molar-refractivity contribution is 5.33. The Morgan fingerprint density at radius 3 is 2.26 bits per heavy atom. The SMILES string of the molecule is CC(CO)(CO)NCc1ccccc1OC(F)(F)F. The Balaban J connectivity index is 2.78. The van der Waals surface area contributed by atoms with Gasteiger partial charge in [-0.1, -0.05) is 18.2 Å². The van der Waals surface area contributed by atoms with Crippen LogP contribution in [0, 0.1) is 0 Å². The lowest BCUT2D eigenvalue weighted by Crippen LogP contribution is -2.48. The van der Waals surface area contributed by atoms with E-state index in [1.54, 1.807) is 13.0 Å². The summed E-state index contributed by atoms with van der Waals surface area (Å²) < 4.78 is 40.5. The highest BCUT2D eigenvalue weighted by Gasteiger charge is 2.32. The van der Waals surface area contributed by atoms with E-state index in [9.17, 15) is 13.2 Å². The van der Waals surface area contributed by atoms with Crippen molar-refractivity contribution in [3.8, 4) is 5.75 Å². The molecule has 0 saturated carbocycles. The topological polar surface area (TPSA) is 61.7 Å². The number of halogens is 3. The maximum absolute atomic E-state index is 12.2. The molecule has 0 amide bonds. The molecule has 4 nitrogen and oxygen atoms in total. The van der Waals surface area contributed by atoms with Crippen LogP contribution in [0.1, 0.15) is 12.5 Å². The molecule has 0 fully saturated rings. The molecule has 0 radical (unpaired) electrons. The van der Waals surface area contributed by atoms with E-state index in [2.05, 4.69) is 10.1 Å². The third-order valence-corrected chi connectivity index (χ3v) is 2.60. The van der Waals surface area contributed by atoms with Crippen LogP contribution in [0.2, 0.25) is 0 Å². The third kappa shape index (κ3) is 5.06. The number of para-hydroxylation sites is 1. The van der Waals surface area contributed by atoms with Crippen LogP contribution in [0.25, 0.3) is 0 Å². The molecule has 0 aliphatic heterocycles. The highest BCUT2D eigenvalue weighted by atomic mass is 19.4. The van der Waals surface area contributed by atoms with E-state index in [1.165, 1.54) is 18.2 Å². The van der Waals surface area contributed by atoms with Crippen molar-refractivity contribution in [3.05, 3.63) is 29.8 Å². The van der Waals surface area contributed by atoms with Gasteiger partial charge in [0.1, 0.15) is 5.75 Å². The van der Waals surface area contributed by atoms with Crippen LogP contribution in [0.15, 0.2) is 24.3 Å². The summed E-state index contributed by atoms with van der Waals surface area (Å²) in [7, 11) is 0. The van der Waals surface area contributed by atoms with Gasteiger partial charge in [0.05, 0.1) is 18.8 Å². The van der Waals surface area contributed by atoms with Gasteiger partial charge in [0, 0.05) is 12.1 Å². The van der Waals surface area contributed by atoms with Gasteiger partial charge in [-0.2, -0.15) is 0 Å². The van der Waals surface area contributed by atoms with E-state index in [0.717, 1.165) is 0 Å². The van der Waals surface area contributed by atoms with Crippen molar-refractivity contribution in [1.29, 1.82) is 0 Å². The number of ether oxygens (including phenoxy) is 1. The van der Waals surface area contributed by atoms with Gasteiger partial charge >= 0.3 is 6.36 Å². The van der Waals surface area contributed by atoms with Crippen molar-refractivity contribution in [3.63, 3.8) is 0 Å². The number of alkyl halides is 3. The van der Waals surface area contributed by atoms with Crippen LogP contribution < -0.4 is 10.1 Å².